The Bertz CT molecular complexity index is 198. The molecule has 1 saturated carbocycles. The van der Waals surface area contributed by atoms with Gasteiger partial charge in [-0.3, -0.25) is 0 Å². The standard InChI is InChI=1S/C15H31N/c1-6-8-14-10-13(11-15(14,4)5)12(3)16-9-7-2/h12-14,16H,6-11H2,1-5H3. The molecule has 0 amide bonds. The minimum atomic E-state index is 0.572. The van der Waals surface area contributed by atoms with Crippen molar-refractivity contribution < 1.29 is 0 Å². The second-order valence-corrected chi connectivity index (χ2v) is 6.42. The molecule has 0 spiro atoms. The highest BCUT2D eigenvalue weighted by atomic mass is 14.9. The van der Waals surface area contributed by atoms with Crippen LogP contribution in [0, 0.1) is 17.3 Å². The van der Waals surface area contributed by atoms with Gasteiger partial charge in [-0.15, -0.1) is 0 Å². The van der Waals surface area contributed by atoms with Crippen molar-refractivity contribution in [3.05, 3.63) is 0 Å². The van der Waals surface area contributed by atoms with Crippen molar-refractivity contribution in [3.63, 3.8) is 0 Å². The third kappa shape index (κ3) is 3.48. The van der Waals surface area contributed by atoms with Gasteiger partial charge in [-0.05, 0) is 50.0 Å². The number of hydrogen-bond acceptors (Lipinski definition) is 1. The van der Waals surface area contributed by atoms with E-state index < -0.39 is 0 Å². The first-order valence-corrected chi connectivity index (χ1v) is 7.24. The zero-order valence-corrected chi connectivity index (χ0v) is 12.0. The van der Waals surface area contributed by atoms with Crippen molar-refractivity contribution in [2.24, 2.45) is 17.3 Å². The highest BCUT2D eigenvalue weighted by Crippen LogP contribution is 2.49. The molecule has 16 heavy (non-hydrogen) atoms. The molecule has 1 aliphatic rings. The molecule has 1 N–H and O–H groups in total. The second-order valence-electron chi connectivity index (χ2n) is 6.42. The van der Waals surface area contributed by atoms with Gasteiger partial charge >= 0.3 is 0 Å². The van der Waals surface area contributed by atoms with Crippen molar-refractivity contribution in [2.75, 3.05) is 6.54 Å². The summed E-state index contributed by atoms with van der Waals surface area (Å²) in [5.41, 5.74) is 0.572. The summed E-state index contributed by atoms with van der Waals surface area (Å²) in [7, 11) is 0. The van der Waals surface area contributed by atoms with E-state index >= 15 is 0 Å². The lowest BCUT2D eigenvalue weighted by molar-refractivity contribution is 0.242. The summed E-state index contributed by atoms with van der Waals surface area (Å²) >= 11 is 0. The average molecular weight is 225 g/mol. The Morgan fingerprint density at radius 2 is 1.94 bits per heavy atom. The minimum Gasteiger partial charge on any atom is -0.314 e. The average Bonchev–Trinajstić information content (AvgIpc) is 2.52. The monoisotopic (exact) mass is 225 g/mol. The molecule has 3 atom stereocenters. The lowest BCUT2D eigenvalue weighted by atomic mass is 9.79. The smallest absolute Gasteiger partial charge is 0.00673 e. The van der Waals surface area contributed by atoms with E-state index in [1.165, 1.54) is 38.6 Å². The van der Waals surface area contributed by atoms with Crippen LogP contribution >= 0.6 is 0 Å². The molecule has 1 rings (SSSR count). The Morgan fingerprint density at radius 1 is 1.25 bits per heavy atom. The van der Waals surface area contributed by atoms with Crippen molar-refractivity contribution >= 4 is 0 Å². The third-order valence-electron chi connectivity index (χ3n) is 4.54. The molecular weight excluding hydrogens is 194 g/mol. The number of hydrogen-bond donors (Lipinski definition) is 1. The van der Waals surface area contributed by atoms with Crippen LogP contribution in [0.5, 0.6) is 0 Å². The van der Waals surface area contributed by atoms with Gasteiger partial charge in [0.2, 0.25) is 0 Å². The summed E-state index contributed by atoms with van der Waals surface area (Å²) in [6.07, 6.45) is 6.87. The Balaban J connectivity index is 2.47. The molecule has 0 aromatic rings. The number of nitrogens with one attached hydrogen (secondary N) is 1. The molecule has 1 aliphatic carbocycles. The Kier molecular flexibility index (Phi) is 5.30. The summed E-state index contributed by atoms with van der Waals surface area (Å²) < 4.78 is 0. The van der Waals surface area contributed by atoms with Crippen LogP contribution in [0.4, 0.5) is 0 Å². The molecule has 0 bridgehead atoms. The topological polar surface area (TPSA) is 12.0 Å². The fourth-order valence-electron chi connectivity index (χ4n) is 3.39. The van der Waals surface area contributed by atoms with E-state index in [0.717, 1.165) is 11.8 Å². The van der Waals surface area contributed by atoms with Gasteiger partial charge in [0.25, 0.3) is 0 Å². The van der Waals surface area contributed by atoms with Gasteiger partial charge in [0.1, 0.15) is 0 Å². The first-order chi connectivity index (χ1) is 7.51. The van der Waals surface area contributed by atoms with Crippen molar-refractivity contribution in [2.45, 2.75) is 72.8 Å². The van der Waals surface area contributed by atoms with Crippen molar-refractivity contribution in [3.8, 4) is 0 Å². The molecular formula is C15H31N. The molecule has 1 heteroatoms. The predicted molar refractivity (Wildman–Crippen MR) is 72.7 cm³/mol. The number of rotatable bonds is 6. The lowest BCUT2D eigenvalue weighted by Crippen LogP contribution is -2.33. The lowest BCUT2D eigenvalue weighted by Gasteiger charge is -2.26. The van der Waals surface area contributed by atoms with Crippen LogP contribution in [0.2, 0.25) is 0 Å². The zero-order chi connectivity index (χ0) is 12.2. The van der Waals surface area contributed by atoms with Crippen molar-refractivity contribution in [1.29, 1.82) is 0 Å². The molecule has 0 aromatic heterocycles. The highest BCUT2D eigenvalue weighted by Gasteiger charge is 2.41. The van der Waals surface area contributed by atoms with Gasteiger partial charge in [0, 0.05) is 6.04 Å². The molecule has 0 aliphatic heterocycles. The van der Waals surface area contributed by atoms with E-state index in [-0.39, 0.29) is 0 Å². The maximum absolute atomic E-state index is 3.67. The maximum Gasteiger partial charge on any atom is 0.00673 e. The highest BCUT2D eigenvalue weighted by molar-refractivity contribution is 4.93. The molecule has 0 radical (unpaired) electrons. The molecule has 0 saturated heterocycles. The molecule has 3 unspecified atom stereocenters. The van der Waals surface area contributed by atoms with E-state index in [0.29, 0.717) is 11.5 Å². The summed E-state index contributed by atoms with van der Waals surface area (Å²) in [5, 5.41) is 3.67. The first-order valence-electron chi connectivity index (χ1n) is 7.24. The summed E-state index contributed by atoms with van der Waals surface area (Å²) in [6, 6.07) is 0.709. The van der Waals surface area contributed by atoms with Crippen LogP contribution in [0.3, 0.4) is 0 Å². The Labute approximate surface area is 102 Å². The van der Waals surface area contributed by atoms with Gasteiger partial charge in [-0.2, -0.15) is 0 Å². The van der Waals surface area contributed by atoms with Gasteiger partial charge in [-0.1, -0.05) is 40.5 Å². The SMILES string of the molecule is CCCNC(C)C1CC(CCC)C(C)(C)C1. The van der Waals surface area contributed by atoms with Gasteiger partial charge < -0.3 is 5.32 Å². The van der Waals surface area contributed by atoms with Crippen molar-refractivity contribution in [1.82, 2.24) is 5.32 Å². The molecule has 0 heterocycles. The van der Waals surface area contributed by atoms with E-state index in [1.807, 2.05) is 0 Å². The summed E-state index contributed by atoms with van der Waals surface area (Å²) in [4.78, 5) is 0. The maximum atomic E-state index is 3.67. The van der Waals surface area contributed by atoms with Gasteiger partial charge in [0.05, 0.1) is 0 Å². The quantitative estimate of drug-likeness (QED) is 0.713. The molecule has 0 aromatic carbocycles. The first kappa shape index (κ1) is 14.0. The summed E-state index contributed by atoms with van der Waals surface area (Å²) in [6.45, 7) is 13.1. The molecule has 1 nitrogen and oxygen atoms in total. The van der Waals surface area contributed by atoms with E-state index in [4.69, 9.17) is 0 Å². The zero-order valence-electron chi connectivity index (χ0n) is 12.0. The van der Waals surface area contributed by atoms with Crippen LogP contribution in [0.1, 0.15) is 66.7 Å². The van der Waals surface area contributed by atoms with Crippen LogP contribution in [0.15, 0.2) is 0 Å². The van der Waals surface area contributed by atoms with Gasteiger partial charge in [0.15, 0.2) is 0 Å². The Hall–Kier alpha value is -0.0400. The largest absolute Gasteiger partial charge is 0.314 e. The predicted octanol–water partition coefficient (Wildman–Crippen LogP) is 4.23. The van der Waals surface area contributed by atoms with E-state index in [2.05, 4.69) is 39.9 Å². The fraction of sp³-hybridized carbons (Fsp3) is 1.00. The normalized spacial score (nSPS) is 30.6. The fourth-order valence-corrected chi connectivity index (χ4v) is 3.39. The van der Waals surface area contributed by atoms with Crippen LogP contribution in [-0.4, -0.2) is 12.6 Å². The van der Waals surface area contributed by atoms with Gasteiger partial charge in [-0.25, -0.2) is 0 Å². The molecule has 96 valence electrons. The second kappa shape index (κ2) is 6.05. The van der Waals surface area contributed by atoms with Crippen LogP contribution in [0.25, 0.3) is 0 Å². The van der Waals surface area contributed by atoms with Crippen LogP contribution < -0.4 is 5.32 Å². The third-order valence-corrected chi connectivity index (χ3v) is 4.54. The van der Waals surface area contributed by atoms with E-state index in [1.54, 1.807) is 0 Å². The molecule has 1 fully saturated rings. The van der Waals surface area contributed by atoms with E-state index in [9.17, 15) is 0 Å². The summed E-state index contributed by atoms with van der Waals surface area (Å²) in [5.74, 6) is 1.85. The Morgan fingerprint density at radius 3 is 2.50 bits per heavy atom. The van der Waals surface area contributed by atoms with Crippen LogP contribution in [-0.2, 0) is 0 Å². The minimum absolute atomic E-state index is 0.572.